The minimum atomic E-state index is -1.05. The molecule has 0 amide bonds. The Morgan fingerprint density at radius 3 is 2.74 bits per heavy atom. The maximum absolute atomic E-state index is 14.5. The van der Waals surface area contributed by atoms with Gasteiger partial charge in [0.2, 0.25) is 0 Å². The first kappa shape index (κ1) is 14.7. The van der Waals surface area contributed by atoms with E-state index in [1.165, 1.54) is 6.07 Å². The van der Waals surface area contributed by atoms with Crippen LogP contribution in [0.3, 0.4) is 0 Å². The maximum atomic E-state index is 14.5. The van der Waals surface area contributed by atoms with Gasteiger partial charge in [0.05, 0.1) is 11.0 Å². The fraction of sp³-hybridized carbons (Fsp3) is 0.235. The summed E-state index contributed by atoms with van der Waals surface area (Å²) in [5.74, 6) is 0.252. The van der Waals surface area contributed by atoms with Crippen molar-refractivity contribution in [3.8, 4) is 11.1 Å². The smallest absolute Gasteiger partial charge is 0.152 e. The third-order valence-electron chi connectivity index (χ3n) is 4.29. The Morgan fingerprint density at radius 1 is 1.30 bits per heavy atom. The maximum Gasteiger partial charge on any atom is 0.152 e. The van der Waals surface area contributed by atoms with Crippen LogP contribution >= 0.6 is 0 Å². The van der Waals surface area contributed by atoms with Gasteiger partial charge < -0.3 is 14.2 Å². The van der Waals surface area contributed by atoms with Gasteiger partial charge in [0.15, 0.2) is 4.90 Å². The lowest BCUT2D eigenvalue weighted by atomic mass is 10.0. The van der Waals surface area contributed by atoms with Gasteiger partial charge in [-0.2, -0.15) is 0 Å². The van der Waals surface area contributed by atoms with Crippen molar-refractivity contribution < 1.29 is 14.0 Å². The average molecular weight is 330 g/mol. The number of rotatable bonds is 2. The molecule has 4 rings (SSSR count). The third-order valence-corrected chi connectivity index (χ3v) is 5.22. The summed E-state index contributed by atoms with van der Waals surface area (Å²) >= 11 is -1.05. The summed E-state index contributed by atoms with van der Waals surface area (Å²) in [4.78, 5) is 5.05. The highest BCUT2D eigenvalue weighted by Gasteiger charge is 2.25. The molecule has 2 atom stereocenters. The summed E-state index contributed by atoms with van der Waals surface area (Å²) in [5, 5.41) is 9.91. The Kier molecular flexibility index (Phi) is 3.41. The molecule has 1 aliphatic rings. The van der Waals surface area contributed by atoms with Gasteiger partial charge >= 0.3 is 0 Å². The normalized spacial score (nSPS) is 18.3. The molecule has 0 spiro atoms. The van der Waals surface area contributed by atoms with Crippen molar-refractivity contribution in [2.75, 3.05) is 6.26 Å². The van der Waals surface area contributed by atoms with E-state index in [1.54, 1.807) is 36.6 Å². The lowest BCUT2D eigenvalue weighted by Crippen LogP contribution is -1.97. The Bertz CT molecular complexity index is 890. The lowest BCUT2D eigenvalue weighted by molar-refractivity contribution is 0.176. The largest absolute Gasteiger partial charge is 0.612 e. The van der Waals surface area contributed by atoms with Crippen LogP contribution in [0.25, 0.3) is 22.2 Å². The zero-order chi connectivity index (χ0) is 16.1. The lowest BCUT2D eigenvalue weighted by Gasteiger charge is -2.08. The number of hydrogen-bond acceptors (Lipinski definition) is 3. The number of benzene rings is 2. The highest BCUT2D eigenvalue weighted by molar-refractivity contribution is 7.90. The van der Waals surface area contributed by atoms with Crippen molar-refractivity contribution in [2.24, 2.45) is 0 Å². The van der Waals surface area contributed by atoms with E-state index in [2.05, 4.69) is 4.98 Å². The highest BCUT2D eigenvalue weighted by Crippen LogP contribution is 2.33. The number of hydrogen-bond donors (Lipinski definition) is 1. The van der Waals surface area contributed by atoms with Crippen molar-refractivity contribution in [1.82, 2.24) is 9.55 Å². The Morgan fingerprint density at radius 2 is 2.04 bits per heavy atom. The molecule has 1 N–H and O–H groups in total. The van der Waals surface area contributed by atoms with E-state index in [-0.39, 0.29) is 5.82 Å². The van der Waals surface area contributed by atoms with Crippen molar-refractivity contribution in [3.05, 3.63) is 48.0 Å². The molecule has 0 radical (unpaired) electrons. The predicted molar refractivity (Wildman–Crippen MR) is 87.0 cm³/mol. The van der Waals surface area contributed by atoms with Crippen LogP contribution < -0.4 is 0 Å². The van der Waals surface area contributed by atoms with E-state index < -0.39 is 17.3 Å². The van der Waals surface area contributed by atoms with E-state index in [9.17, 15) is 14.0 Å². The molecule has 0 bridgehead atoms. The molecule has 2 heterocycles. The fourth-order valence-electron chi connectivity index (χ4n) is 3.08. The summed E-state index contributed by atoms with van der Waals surface area (Å²) in [7, 11) is 0. The van der Waals surface area contributed by atoms with Gasteiger partial charge in [-0.15, -0.1) is 0 Å². The second kappa shape index (κ2) is 5.33. The first-order chi connectivity index (χ1) is 11.0. The van der Waals surface area contributed by atoms with Gasteiger partial charge in [-0.25, -0.2) is 9.37 Å². The van der Waals surface area contributed by atoms with Crippen molar-refractivity contribution in [1.29, 1.82) is 0 Å². The van der Waals surface area contributed by atoms with Gasteiger partial charge in [-0.1, -0.05) is 0 Å². The summed E-state index contributed by atoms with van der Waals surface area (Å²) in [5.41, 5.74) is 2.60. The Balaban J connectivity index is 1.85. The van der Waals surface area contributed by atoms with Gasteiger partial charge in [0, 0.05) is 18.2 Å². The van der Waals surface area contributed by atoms with E-state index in [4.69, 9.17) is 0 Å². The number of imidazole rings is 1. The molecule has 0 saturated heterocycles. The molecule has 3 aromatic rings. The van der Waals surface area contributed by atoms with Crippen LogP contribution in [0.4, 0.5) is 4.39 Å². The second-order valence-electron chi connectivity index (χ2n) is 5.73. The number of aliphatic hydroxyl groups excluding tert-OH is 1. The standard InChI is InChI=1S/C17H15FN2O2S/c1-23(22)11-4-2-10(3-5-11)12-8-15-14(9-13(12)18)19-17-16(21)6-7-20(15)17/h2-5,8-9,16,21H,6-7H2,1H3. The van der Waals surface area contributed by atoms with Gasteiger partial charge in [0.1, 0.15) is 24.0 Å². The highest BCUT2D eigenvalue weighted by atomic mass is 32.2. The summed E-state index contributed by atoms with van der Waals surface area (Å²) in [6.07, 6.45) is 1.68. The van der Waals surface area contributed by atoms with Crippen LogP contribution in [0.1, 0.15) is 18.3 Å². The van der Waals surface area contributed by atoms with Crippen LogP contribution in [0.2, 0.25) is 0 Å². The summed E-state index contributed by atoms with van der Waals surface area (Å²) in [6, 6.07) is 10.2. The topological polar surface area (TPSA) is 61.1 Å². The molecule has 6 heteroatoms. The van der Waals surface area contributed by atoms with Gasteiger partial charge in [-0.05, 0) is 53.5 Å². The first-order valence-corrected chi connectivity index (χ1v) is 8.92. The third kappa shape index (κ3) is 2.34. The van der Waals surface area contributed by atoms with E-state index in [0.29, 0.717) is 34.8 Å². The quantitative estimate of drug-likeness (QED) is 0.735. The van der Waals surface area contributed by atoms with Crippen LogP contribution in [0.5, 0.6) is 0 Å². The molecule has 2 aromatic carbocycles. The molecule has 4 nitrogen and oxygen atoms in total. The van der Waals surface area contributed by atoms with Crippen LogP contribution in [-0.2, 0) is 17.7 Å². The Hall–Kier alpha value is -1.89. The SMILES string of the molecule is C[S+]([O-])c1ccc(-c2cc3c(cc2F)nc2n3CCC2O)cc1. The minimum absolute atomic E-state index is 0.353. The summed E-state index contributed by atoms with van der Waals surface area (Å²) < 4.78 is 27.9. The molecule has 23 heavy (non-hydrogen) atoms. The molecule has 0 aliphatic carbocycles. The number of aromatic nitrogens is 2. The van der Waals surface area contributed by atoms with Crippen molar-refractivity contribution >= 4 is 22.2 Å². The molecule has 0 fully saturated rings. The molecule has 1 aliphatic heterocycles. The van der Waals surface area contributed by atoms with Gasteiger partial charge in [0.25, 0.3) is 0 Å². The molecule has 1 aromatic heterocycles. The van der Waals surface area contributed by atoms with Crippen molar-refractivity contribution in [2.45, 2.75) is 24.0 Å². The minimum Gasteiger partial charge on any atom is -0.612 e. The van der Waals surface area contributed by atoms with Gasteiger partial charge in [-0.3, -0.25) is 0 Å². The monoisotopic (exact) mass is 330 g/mol. The number of fused-ring (bicyclic) bond motifs is 3. The van der Waals surface area contributed by atoms with Crippen LogP contribution in [0, 0.1) is 5.82 Å². The van der Waals surface area contributed by atoms with E-state index in [0.717, 1.165) is 11.1 Å². The number of nitrogens with zero attached hydrogens (tertiary/aromatic N) is 2. The summed E-state index contributed by atoms with van der Waals surface area (Å²) in [6.45, 7) is 0.686. The zero-order valence-corrected chi connectivity index (χ0v) is 13.3. The fourth-order valence-corrected chi connectivity index (χ4v) is 3.60. The van der Waals surface area contributed by atoms with E-state index >= 15 is 0 Å². The number of aliphatic hydroxyl groups is 1. The molecule has 118 valence electrons. The molecular formula is C17H15FN2O2S. The van der Waals surface area contributed by atoms with Crippen molar-refractivity contribution in [3.63, 3.8) is 0 Å². The molecular weight excluding hydrogens is 315 g/mol. The second-order valence-corrected chi connectivity index (χ2v) is 7.11. The number of aryl methyl sites for hydroxylation is 1. The van der Waals surface area contributed by atoms with E-state index in [1.807, 2.05) is 4.57 Å². The first-order valence-electron chi connectivity index (χ1n) is 7.36. The number of halogens is 1. The zero-order valence-electron chi connectivity index (χ0n) is 12.5. The van der Waals surface area contributed by atoms with Crippen LogP contribution in [-0.4, -0.2) is 25.5 Å². The average Bonchev–Trinajstić information content (AvgIpc) is 3.06. The molecule has 2 unspecified atom stereocenters. The predicted octanol–water partition coefficient (Wildman–Crippen LogP) is 3.02. The molecule has 0 saturated carbocycles. The van der Waals surface area contributed by atoms with Crippen LogP contribution in [0.15, 0.2) is 41.3 Å². The Labute approximate surface area is 135 Å².